The van der Waals surface area contributed by atoms with E-state index in [9.17, 15) is 4.79 Å². The highest BCUT2D eigenvalue weighted by atomic mass is 35.5. The van der Waals surface area contributed by atoms with Crippen molar-refractivity contribution in [2.24, 2.45) is 0 Å². The summed E-state index contributed by atoms with van der Waals surface area (Å²) in [7, 11) is 3.35. The largest absolute Gasteiger partial charge is 0.439 e. The van der Waals surface area contributed by atoms with Crippen LogP contribution in [0.2, 0.25) is 5.28 Å². The van der Waals surface area contributed by atoms with Gasteiger partial charge in [-0.1, -0.05) is 0 Å². The van der Waals surface area contributed by atoms with E-state index in [1.807, 2.05) is 0 Å². The second-order valence-corrected chi connectivity index (χ2v) is 4.91. The van der Waals surface area contributed by atoms with Gasteiger partial charge in [0.1, 0.15) is 5.75 Å². The van der Waals surface area contributed by atoms with Crippen LogP contribution in [0.4, 0.5) is 10.5 Å². The van der Waals surface area contributed by atoms with E-state index in [1.165, 1.54) is 4.90 Å². The van der Waals surface area contributed by atoms with Crippen LogP contribution >= 0.6 is 11.6 Å². The molecule has 0 unspecified atom stereocenters. The van der Waals surface area contributed by atoms with Crippen molar-refractivity contribution in [2.45, 2.75) is 6.92 Å². The standard InChI is InChI=1S/C14H15ClN4O2/c1-9-8-12(18-13(15)16-9)21-11-6-4-10(5-7-11)17-14(20)19(2)3/h4-8H,1-3H3,(H,17,20). The number of urea groups is 1. The molecular formula is C14H15ClN4O2. The number of carbonyl (C=O) groups excluding carboxylic acids is 1. The number of halogens is 1. The molecule has 1 aromatic heterocycles. The van der Waals surface area contributed by atoms with E-state index in [-0.39, 0.29) is 11.3 Å². The van der Waals surface area contributed by atoms with Crippen LogP contribution in [0, 0.1) is 6.92 Å². The highest BCUT2D eigenvalue weighted by Crippen LogP contribution is 2.22. The lowest BCUT2D eigenvalue weighted by atomic mass is 10.3. The molecule has 2 aromatic rings. The Balaban J connectivity index is 2.07. The number of benzene rings is 1. The molecule has 7 heteroatoms. The van der Waals surface area contributed by atoms with Crippen LogP contribution in [0.25, 0.3) is 0 Å². The number of hydrogen-bond acceptors (Lipinski definition) is 4. The summed E-state index contributed by atoms with van der Waals surface area (Å²) in [6.07, 6.45) is 0. The normalized spacial score (nSPS) is 10.1. The van der Waals surface area contributed by atoms with E-state index in [4.69, 9.17) is 16.3 Å². The van der Waals surface area contributed by atoms with Crippen molar-refractivity contribution >= 4 is 23.3 Å². The van der Waals surface area contributed by atoms with Gasteiger partial charge in [-0.05, 0) is 42.8 Å². The summed E-state index contributed by atoms with van der Waals surface area (Å²) >= 11 is 5.77. The van der Waals surface area contributed by atoms with Gasteiger partial charge in [0.25, 0.3) is 0 Å². The number of hydrogen-bond donors (Lipinski definition) is 1. The van der Waals surface area contributed by atoms with Crippen LogP contribution in [-0.2, 0) is 0 Å². The van der Waals surface area contributed by atoms with Crippen molar-refractivity contribution in [2.75, 3.05) is 19.4 Å². The van der Waals surface area contributed by atoms with Crippen LogP contribution in [0.5, 0.6) is 11.6 Å². The van der Waals surface area contributed by atoms with Crippen molar-refractivity contribution in [3.05, 3.63) is 41.3 Å². The molecule has 2 amide bonds. The number of aryl methyl sites for hydroxylation is 1. The van der Waals surface area contributed by atoms with Gasteiger partial charge >= 0.3 is 6.03 Å². The zero-order valence-electron chi connectivity index (χ0n) is 11.9. The van der Waals surface area contributed by atoms with Gasteiger partial charge in [0.15, 0.2) is 0 Å². The summed E-state index contributed by atoms with van der Waals surface area (Å²) in [6.45, 7) is 1.81. The zero-order chi connectivity index (χ0) is 15.4. The van der Waals surface area contributed by atoms with Crippen LogP contribution < -0.4 is 10.1 Å². The smallest absolute Gasteiger partial charge is 0.321 e. The number of aromatic nitrogens is 2. The van der Waals surface area contributed by atoms with Crippen molar-refractivity contribution in [1.82, 2.24) is 14.9 Å². The van der Waals surface area contributed by atoms with Crippen LogP contribution in [-0.4, -0.2) is 35.0 Å². The van der Waals surface area contributed by atoms with Crippen molar-refractivity contribution in [3.63, 3.8) is 0 Å². The summed E-state index contributed by atoms with van der Waals surface area (Å²) in [5.41, 5.74) is 1.40. The van der Waals surface area contributed by atoms with Gasteiger partial charge in [-0.3, -0.25) is 0 Å². The molecule has 0 atom stereocenters. The number of carbonyl (C=O) groups is 1. The topological polar surface area (TPSA) is 67.3 Å². The van der Waals surface area contributed by atoms with Gasteiger partial charge in [0.05, 0.1) is 0 Å². The lowest BCUT2D eigenvalue weighted by molar-refractivity contribution is 0.230. The van der Waals surface area contributed by atoms with Gasteiger partial charge < -0.3 is 15.0 Å². The molecule has 6 nitrogen and oxygen atoms in total. The highest BCUT2D eigenvalue weighted by Gasteiger charge is 2.05. The second kappa shape index (κ2) is 6.41. The fraction of sp³-hybridized carbons (Fsp3) is 0.214. The number of nitrogens with zero attached hydrogens (tertiary/aromatic N) is 3. The van der Waals surface area contributed by atoms with Crippen LogP contribution in [0.1, 0.15) is 5.69 Å². The Morgan fingerprint density at radius 1 is 1.24 bits per heavy atom. The third kappa shape index (κ3) is 4.32. The van der Waals surface area contributed by atoms with Gasteiger partial charge in [0, 0.05) is 31.5 Å². The summed E-state index contributed by atoms with van der Waals surface area (Å²) in [5, 5.41) is 2.87. The second-order valence-electron chi connectivity index (χ2n) is 4.57. The SMILES string of the molecule is Cc1cc(Oc2ccc(NC(=O)N(C)C)cc2)nc(Cl)n1. The maximum atomic E-state index is 11.5. The molecule has 0 bridgehead atoms. The maximum absolute atomic E-state index is 11.5. The molecule has 0 saturated heterocycles. The molecule has 1 heterocycles. The molecule has 1 aromatic carbocycles. The molecule has 0 saturated carbocycles. The Bertz CT molecular complexity index is 624. The highest BCUT2D eigenvalue weighted by molar-refractivity contribution is 6.28. The van der Waals surface area contributed by atoms with Gasteiger partial charge in [0.2, 0.25) is 11.2 Å². The average molecular weight is 307 g/mol. The minimum absolute atomic E-state index is 0.139. The van der Waals surface area contributed by atoms with E-state index >= 15 is 0 Å². The number of amides is 2. The third-order valence-corrected chi connectivity index (χ3v) is 2.71. The minimum Gasteiger partial charge on any atom is -0.439 e. The summed E-state index contributed by atoms with van der Waals surface area (Å²) in [5.74, 6) is 0.963. The van der Waals surface area contributed by atoms with Crippen molar-refractivity contribution in [1.29, 1.82) is 0 Å². The van der Waals surface area contributed by atoms with Crippen LogP contribution in [0.3, 0.4) is 0 Å². The molecule has 0 aliphatic rings. The maximum Gasteiger partial charge on any atom is 0.321 e. The fourth-order valence-corrected chi connectivity index (χ4v) is 1.74. The van der Waals surface area contributed by atoms with Gasteiger partial charge in [-0.2, -0.15) is 4.98 Å². The Labute approximate surface area is 127 Å². The van der Waals surface area contributed by atoms with Crippen molar-refractivity contribution in [3.8, 4) is 11.6 Å². The van der Waals surface area contributed by atoms with E-state index < -0.39 is 0 Å². The number of rotatable bonds is 3. The summed E-state index contributed by atoms with van der Waals surface area (Å²) in [4.78, 5) is 20.9. The first-order valence-electron chi connectivity index (χ1n) is 6.21. The van der Waals surface area contributed by atoms with Crippen molar-refractivity contribution < 1.29 is 9.53 Å². The van der Waals surface area contributed by atoms with Crippen LogP contribution in [0.15, 0.2) is 30.3 Å². The minimum atomic E-state index is -0.193. The molecule has 0 spiro atoms. The Morgan fingerprint density at radius 3 is 2.48 bits per heavy atom. The van der Waals surface area contributed by atoms with E-state index in [0.29, 0.717) is 17.3 Å². The predicted molar refractivity (Wildman–Crippen MR) is 81.0 cm³/mol. The first-order valence-corrected chi connectivity index (χ1v) is 6.59. The zero-order valence-corrected chi connectivity index (χ0v) is 12.7. The lowest BCUT2D eigenvalue weighted by Gasteiger charge is -2.12. The molecular weight excluding hydrogens is 292 g/mol. The molecule has 0 fully saturated rings. The Morgan fingerprint density at radius 2 is 1.90 bits per heavy atom. The quantitative estimate of drug-likeness (QED) is 0.883. The lowest BCUT2D eigenvalue weighted by Crippen LogP contribution is -2.27. The molecule has 21 heavy (non-hydrogen) atoms. The number of anilines is 1. The third-order valence-electron chi connectivity index (χ3n) is 2.54. The van der Waals surface area contributed by atoms with E-state index in [0.717, 1.165) is 5.69 Å². The Hall–Kier alpha value is -2.34. The summed E-state index contributed by atoms with van der Waals surface area (Å²) in [6, 6.07) is 8.45. The molecule has 2 rings (SSSR count). The van der Waals surface area contributed by atoms with E-state index in [2.05, 4.69) is 15.3 Å². The monoisotopic (exact) mass is 306 g/mol. The predicted octanol–water partition coefficient (Wildman–Crippen LogP) is 3.32. The number of nitrogens with one attached hydrogen (secondary N) is 1. The average Bonchev–Trinajstić information content (AvgIpc) is 2.39. The number of ether oxygens (including phenoxy) is 1. The Kier molecular flexibility index (Phi) is 4.59. The molecule has 110 valence electrons. The fourth-order valence-electron chi connectivity index (χ4n) is 1.52. The first-order chi connectivity index (χ1) is 9.94. The first kappa shape index (κ1) is 15.1. The van der Waals surface area contributed by atoms with Gasteiger partial charge in [-0.25, -0.2) is 9.78 Å². The summed E-state index contributed by atoms with van der Waals surface area (Å²) < 4.78 is 5.59. The molecule has 1 N–H and O–H groups in total. The van der Waals surface area contributed by atoms with E-state index in [1.54, 1.807) is 51.4 Å². The molecule has 0 aliphatic carbocycles. The molecule has 0 aliphatic heterocycles. The molecule has 0 radical (unpaired) electrons. The van der Waals surface area contributed by atoms with Gasteiger partial charge in [-0.15, -0.1) is 0 Å².